The van der Waals surface area contributed by atoms with Gasteiger partial charge in [0.05, 0.1) is 5.69 Å². The summed E-state index contributed by atoms with van der Waals surface area (Å²) in [4.78, 5) is 0. The minimum atomic E-state index is 1.12. The number of aromatic amines is 1. The van der Waals surface area contributed by atoms with E-state index in [0.717, 1.165) is 18.5 Å². The molecule has 0 saturated carbocycles. The lowest BCUT2D eigenvalue weighted by Gasteiger charge is -2.04. The predicted octanol–water partition coefficient (Wildman–Crippen LogP) is 2.14. The number of H-pyrrole nitrogens is 1. The van der Waals surface area contributed by atoms with Crippen LogP contribution in [-0.4, -0.2) is 10.2 Å². The summed E-state index contributed by atoms with van der Waals surface area (Å²) >= 11 is 0. The third kappa shape index (κ3) is 1.24. The number of rotatable bonds is 1. The molecule has 0 unspecified atom stereocenters. The van der Waals surface area contributed by atoms with Gasteiger partial charge in [0.15, 0.2) is 0 Å². The van der Waals surface area contributed by atoms with Gasteiger partial charge in [0.2, 0.25) is 0 Å². The Balaban J connectivity index is 2.29. The van der Waals surface area contributed by atoms with Gasteiger partial charge in [-0.25, -0.2) is 0 Å². The minimum absolute atomic E-state index is 1.12. The zero-order valence-electron chi connectivity index (χ0n) is 6.25. The molecule has 2 rings (SSSR count). The van der Waals surface area contributed by atoms with Gasteiger partial charge >= 0.3 is 0 Å². The monoisotopic (exact) mass is 146 g/mol. The van der Waals surface area contributed by atoms with Crippen LogP contribution in [0.5, 0.6) is 0 Å². The lowest BCUT2D eigenvalue weighted by Crippen LogP contribution is -1.87. The second kappa shape index (κ2) is 2.74. The summed E-state index contributed by atoms with van der Waals surface area (Å²) in [7, 11) is 0. The number of hydrogen-bond acceptors (Lipinski definition) is 1. The van der Waals surface area contributed by atoms with E-state index >= 15 is 0 Å². The Labute approximate surface area is 65.6 Å². The van der Waals surface area contributed by atoms with Gasteiger partial charge in [-0.1, -0.05) is 18.2 Å². The molecule has 2 heteroatoms. The van der Waals surface area contributed by atoms with Gasteiger partial charge in [0.1, 0.15) is 0 Å². The first kappa shape index (κ1) is 6.40. The van der Waals surface area contributed by atoms with E-state index in [-0.39, 0.29) is 0 Å². The third-order valence-electron chi connectivity index (χ3n) is 1.86. The second-order valence-electron chi connectivity index (χ2n) is 2.63. The van der Waals surface area contributed by atoms with Crippen LogP contribution in [0, 0.1) is 0 Å². The largest absolute Gasteiger partial charge is 0.278 e. The summed E-state index contributed by atoms with van der Waals surface area (Å²) in [5.74, 6) is 0. The average Bonchev–Trinajstić information content (AvgIpc) is 2.58. The fourth-order valence-corrected chi connectivity index (χ4v) is 1.26. The summed E-state index contributed by atoms with van der Waals surface area (Å²) in [6.45, 7) is 0. The van der Waals surface area contributed by atoms with Crippen molar-refractivity contribution in [2.24, 2.45) is 0 Å². The number of nitrogens with zero attached hydrogens (tertiary/aromatic N) is 1. The number of nitrogens with one attached hydrogen (secondary N) is 1. The standard InChI is InChI=1S/C9H10N2/c1-2-4-8(5-3-1)9-6-7-10-11-9/h1-2,4,6-7H,3,5H2,(H,10,11). The predicted molar refractivity (Wildman–Crippen MR) is 44.9 cm³/mol. The molecule has 1 aliphatic rings. The van der Waals surface area contributed by atoms with Crippen LogP contribution >= 0.6 is 0 Å². The molecule has 56 valence electrons. The maximum absolute atomic E-state index is 3.91. The van der Waals surface area contributed by atoms with E-state index < -0.39 is 0 Å². The van der Waals surface area contributed by atoms with E-state index in [2.05, 4.69) is 28.4 Å². The highest BCUT2D eigenvalue weighted by Crippen LogP contribution is 2.20. The Hall–Kier alpha value is -1.31. The van der Waals surface area contributed by atoms with Crippen molar-refractivity contribution in [3.05, 3.63) is 36.2 Å². The Morgan fingerprint density at radius 3 is 3.09 bits per heavy atom. The lowest BCUT2D eigenvalue weighted by atomic mass is 10.0. The molecule has 0 aliphatic heterocycles. The topological polar surface area (TPSA) is 28.7 Å². The van der Waals surface area contributed by atoms with Gasteiger partial charge in [-0.3, -0.25) is 5.10 Å². The smallest absolute Gasteiger partial charge is 0.0609 e. The molecule has 0 saturated heterocycles. The molecular weight excluding hydrogens is 136 g/mol. The molecule has 11 heavy (non-hydrogen) atoms. The summed E-state index contributed by atoms with van der Waals surface area (Å²) in [6, 6.07) is 2.00. The fourth-order valence-electron chi connectivity index (χ4n) is 1.26. The van der Waals surface area contributed by atoms with Crippen molar-refractivity contribution in [1.82, 2.24) is 10.2 Å². The van der Waals surface area contributed by atoms with E-state index in [1.54, 1.807) is 6.20 Å². The molecule has 0 bridgehead atoms. The van der Waals surface area contributed by atoms with Gasteiger partial charge in [0.25, 0.3) is 0 Å². The molecule has 0 radical (unpaired) electrons. The van der Waals surface area contributed by atoms with Crippen LogP contribution in [0.4, 0.5) is 0 Å². The van der Waals surface area contributed by atoms with Crippen molar-refractivity contribution in [2.45, 2.75) is 12.8 Å². The lowest BCUT2D eigenvalue weighted by molar-refractivity contribution is 1.01. The number of aromatic nitrogens is 2. The van der Waals surface area contributed by atoms with Crippen LogP contribution in [0.2, 0.25) is 0 Å². The first-order valence-corrected chi connectivity index (χ1v) is 3.82. The van der Waals surface area contributed by atoms with Gasteiger partial charge in [0, 0.05) is 6.20 Å². The maximum Gasteiger partial charge on any atom is 0.0609 e. The van der Waals surface area contributed by atoms with E-state index in [4.69, 9.17) is 0 Å². The molecule has 1 aromatic rings. The van der Waals surface area contributed by atoms with Gasteiger partial charge in [-0.2, -0.15) is 5.10 Å². The molecule has 0 amide bonds. The Morgan fingerprint density at radius 1 is 1.45 bits per heavy atom. The van der Waals surface area contributed by atoms with Crippen LogP contribution in [0.15, 0.2) is 30.5 Å². The maximum atomic E-state index is 3.91. The second-order valence-corrected chi connectivity index (χ2v) is 2.63. The van der Waals surface area contributed by atoms with Crippen molar-refractivity contribution in [2.75, 3.05) is 0 Å². The minimum Gasteiger partial charge on any atom is -0.278 e. The summed E-state index contributed by atoms with van der Waals surface area (Å²) in [6.07, 6.45) is 10.5. The first-order valence-electron chi connectivity index (χ1n) is 3.82. The van der Waals surface area contributed by atoms with Crippen molar-refractivity contribution >= 4 is 5.57 Å². The zero-order chi connectivity index (χ0) is 7.52. The molecule has 2 nitrogen and oxygen atoms in total. The normalized spacial score (nSPS) is 16.5. The van der Waals surface area contributed by atoms with E-state index in [9.17, 15) is 0 Å². The number of hydrogen-bond donors (Lipinski definition) is 1. The Morgan fingerprint density at radius 2 is 2.45 bits per heavy atom. The summed E-state index contributed by atoms with van der Waals surface area (Å²) < 4.78 is 0. The SMILES string of the molecule is C1=CCCC(c2ccn[nH]2)=C1. The van der Waals surface area contributed by atoms with E-state index in [1.807, 2.05) is 6.07 Å². The average molecular weight is 146 g/mol. The highest BCUT2D eigenvalue weighted by atomic mass is 15.1. The van der Waals surface area contributed by atoms with Gasteiger partial charge in [-0.05, 0) is 24.5 Å². The first-order chi connectivity index (χ1) is 5.47. The molecule has 1 aromatic heterocycles. The highest BCUT2D eigenvalue weighted by Gasteiger charge is 2.02. The van der Waals surface area contributed by atoms with E-state index in [0.29, 0.717) is 0 Å². The fraction of sp³-hybridized carbons (Fsp3) is 0.222. The quantitative estimate of drug-likeness (QED) is 0.646. The van der Waals surface area contributed by atoms with Crippen molar-refractivity contribution < 1.29 is 0 Å². The van der Waals surface area contributed by atoms with Gasteiger partial charge in [-0.15, -0.1) is 0 Å². The number of allylic oxidation sites excluding steroid dienone is 4. The van der Waals surface area contributed by atoms with Crippen molar-refractivity contribution in [3.8, 4) is 0 Å². The Kier molecular flexibility index (Phi) is 1.60. The third-order valence-corrected chi connectivity index (χ3v) is 1.86. The molecule has 1 N–H and O–H groups in total. The van der Waals surface area contributed by atoms with E-state index in [1.165, 1.54) is 5.57 Å². The Bertz CT molecular complexity index is 281. The zero-order valence-corrected chi connectivity index (χ0v) is 6.25. The molecule has 1 aliphatic carbocycles. The van der Waals surface area contributed by atoms with Crippen LogP contribution in [-0.2, 0) is 0 Å². The summed E-state index contributed by atoms with van der Waals surface area (Å²) in [5, 5.41) is 6.86. The van der Waals surface area contributed by atoms with Crippen molar-refractivity contribution in [3.63, 3.8) is 0 Å². The van der Waals surface area contributed by atoms with Gasteiger partial charge < -0.3 is 0 Å². The molecule has 0 atom stereocenters. The molecule has 0 fully saturated rings. The van der Waals surface area contributed by atoms with Crippen LogP contribution in [0.1, 0.15) is 18.5 Å². The van der Waals surface area contributed by atoms with Crippen LogP contribution in [0.3, 0.4) is 0 Å². The molecular formula is C9H10N2. The highest BCUT2D eigenvalue weighted by molar-refractivity contribution is 5.65. The molecule has 0 aromatic carbocycles. The summed E-state index contributed by atoms with van der Waals surface area (Å²) in [5.41, 5.74) is 2.50. The molecule has 0 spiro atoms. The van der Waals surface area contributed by atoms with Crippen LogP contribution in [0.25, 0.3) is 5.57 Å². The molecule has 1 heterocycles. The van der Waals surface area contributed by atoms with Crippen LogP contribution < -0.4 is 0 Å². The van der Waals surface area contributed by atoms with Crippen molar-refractivity contribution in [1.29, 1.82) is 0 Å².